The quantitative estimate of drug-likeness (QED) is 0.874. The van der Waals surface area contributed by atoms with Crippen LogP contribution in [0.1, 0.15) is 13.3 Å². The Bertz CT molecular complexity index is 502. The third-order valence-electron chi connectivity index (χ3n) is 2.51. The molecule has 0 aromatic heterocycles. The van der Waals surface area contributed by atoms with Gasteiger partial charge in [-0.05, 0) is 19.1 Å². The number of rotatable bonds is 4. The molecule has 1 aliphatic heterocycles. The van der Waals surface area contributed by atoms with E-state index in [-0.39, 0.29) is 18.2 Å². The van der Waals surface area contributed by atoms with Crippen molar-refractivity contribution in [1.82, 2.24) is 10.6 Å². The van der Waals surface area contributed by atoms with Gasteiger partial charge >= 0.3 is 0 Å². The Morgan fingerprint density at radius 2 is 2.16 bits per heavy atom. The van der Waals surface area contributed by atoms with Crippen molar-refractivity contribution in [3.8, 4) is 0 Å². The molecule has 1 unspecified atom stereocenters. The van der Waals surface area contributed by atoms with Crippen LogP contribution in [0.5, 0.6) is 0 Å². The van der Waals surface area contributed by atoms with Crippen LogP contribution in [0.15, 0.2) is 35.3 Å². The first-order valence-electron chi connectivity index (χ1n) is 6.07. The molecule has 1 aromatic carbocycles. The van der Waals surface area contributed by atoms with Gasteiger partial charge in [-0.2, -0.15) is 0 Å². The summed E-state index contributed by atoms with van der Waals surface area (Å²) in [5.74, 6) is -0.276. The zero-order valence-electron chi connectivity index (χ0n) is 10.6. The van der Waals surface area contributed by atoms with Crippen molar-refractivity contribution < 1.29 is 9.59 Å². The summed E-state index contributed by atoms with van der Waals surface area (Å²) in [5.41, 5.74) is 0.781. The van der Waals surface area contributed by atoms with E-state index < -0.39 is 5.25 Å². The summed E-state index contributed by atoms with van der Waals surface area (Å²) in [6.45, 7) is 2.42. The molecule has 2 N–H and O–H groups in total. The smallest absolute Gasteiger partial charge is 0.240 e. The van der Waals surface area contributed by atoms with Gasteiger partial charge in [-0.15, -0.1) is 0 Å². The van der Waals surface area contributed by atoms with E-state index in [2.05, 4.69) is 15.6 Å². The van der Waals surface area contributed by atoms with Crippen LogP contribution in [0.25, 0.3) is 0 Å². The first-order valence-corrected chi connectivity index (χ1v) is 6.95. The molecular formula is C13H15N3O2S. The molecule has 19 heavy (non-hydrogen) atoms. The van der Waals surface area contributed by atoms with Gasteiger partial charge in [0.05, 0.1) is 5.69 Å². The molecule has 1 atom stereocenters. The van der Waals surface area contributed by atoms with Crippen molar-refractivity contribution in [3.63, 3.8) is 0 Å². The fourth-order valence-corrected chi connectivity index (χ4v) is 2.64. The minimum atomic E-state index is -0.394. The molecule has 2 rings (SSSR count). The van der Waals surface area contributed by atoms with E-state index in [4.69, 9.17) is 0 Å². The van der Waals surface area contributed by atoms with Crippen molar-refractivity contribution in [2.24, 2.45) is 4.99 Å². The Morgan fingerprint density at radius 1 is 1.42 bits per heavy atom. The number of para-hydroxylation sites is 1. The van der Waals surface area contributed by atoms with Gasteiger partial charge in [-0.1, -0.05) is 30.0 Å². The number of hydrogen-bond acceptors (Lipinski definition) is 4. The minimum Gasteiger partial charge on any atom is -0.356 e. The minimum absolute atomic E-state index is 0.115. The van der Waals surface area contributed by atoms with Gasteiger partial charge in [0.2, 0.25) is 11.8 Å². The van der Waals surface area contributed by atoms with E-state index in [0.29, 0.717) is 11.7 Å². The molecule has 0 aliphatic carbocycles. The lowest BCUT2D eigenvalue weighted by Gasteiger charge is -2.04. The van der Waals surface area contributed by atoms with E-state index >= 15 is 0 Å². The van der Waals surface area contributed by atoms with Gasteiger partial charge in [0.1, 0.15) is 5.25 Å². The molecule has 1 aromatic rings. The molecular weight excluding hydrogens is 262 g/mol. The third kappa shape index (κ3) is 3.82. The van der Waals surface area contributed by atoms with Crippen LogP contribution in [0.2, 0.25) is 0 Å². The number of nitrogens with one attached hydrogen (secondary N) is 2. The average Bonchev–Trinajstić information content (AvgIpc) is 2.71. The third-order valence-corrected chi connectivity index (χ3v) is 3.59. The van der Waals surface area contributed by atoms with Gasteiger partial charge in [0.25, 0.3) is 0 Å². The molecule has 2 amide bonds. The highest BCUT2D eigenvalue weighted by Gasteiger charge is 2.31. The SMILES string of the molecule is CCNC(=O)CC1SC(=Nc2ccccc2)NC1=O. The fourth-order valence-electron chi connectivity index (χ4n) is 1.65. The molecule has 0 spiro atoms. The summed E-state index contributed by atoms with van der Waals surface area (Å²) in [4.78, 5) is 27.5. The topological polar surface area (TPSA) is 70.6 Å². The van der Waals surface area contributed by atoms with E-state index in [0.717, 1.165) is 5.69 Å². The molecule has 0 saturated carbocycles. The maximum atomic E-state index is 11.7. The van der Waals surface area contributed by atoms with Crippen LogP contribution in [-0.4, -0.2) is 28.8 Å². The van der Waals surface area contributed by atoms with Gasteiger partial charge in [0.15, 0.2) is 5.17 Å². The molecule has 100 valence electrons. The Labute approximate surface area is 115 Å². The Kier molecular flexibility index (Phi) is 4.57. The second-order valence-corrected chi connectivity index (χ2v) is 5.20. The highest BCUT2D eigenvalue weighted by atomic mass is 32.2. The van der Waals surface area contributed by atoms with Crippen molar-refractivity contribution in [2.45, 2.75) is 18.6 Å². The van der Waals surface area contributed by atoms with E-state index in [1.165, 1.54) is 11.8 Å². The van der Waals surface area contributed by atoms with Gasteiger partial charge in [-0.3, -0.25) is 9.59 Å². The Morgan fingerprint density at radius 3 is 2.84 bits per heavy atom. The highest BCUT2D eigenvalue weighted by Crippen LogP contribution is 2.24. The highest BCUT2D eigenvalue weighted by molar-refractivity contribution is 8.15. The van der Waals surface area contributed by atoms with Crippen LogP contribution in [0, 0.1) is 0 Å². The fraction of sp³-hybridized carbons (Fsp3) is 0.308. The zero-order valence-corrected chi connectivity index (χ0v) is 11.4. The number of hydrogen-bond donors (Lipinski definition) is 2. The molecule has 5 nitrogen and oxygen atoms in total. The van der Waals surface area contributed by atoms with Gasteiger partial charge in [-0.25, -0.2) is 4.99 Å². The number of aliphatic imine (C=N–C) groups is 1. The number of thioether (sulfide) groups is 1. The van der Waals surface area contributed by atoms with Gasteiger partial charge < -0.3 is 10.6 Å². The zero-order chi connectivity index (χ0) is 13.7. The number of carbonyl (C=O) groups excluding carboxylic acids is 2. The Hall–Kier alpha value is -1.82. The van der Waals surface area contributed by atoms with Crippen molar-refractivity contribution in [2.75, 3.05) is 6.54 Å². The number of benzene rings is 1. The molecule has 0 bridgehead atoms. The second-order valence-electron chi connectivity index (χ2n) is 4.01. The standard InChI is InChI=1S/C13H15N3O2S/c1-2-14-11(17)8-10-12(18)16-13(19-10)15-9-6-4-3-5-7-9/h3-7,10H,2,8H2,1H3,(H,14,17)(H,15,16,18). The summed E-state index contributed by atoms with van der Waals surface area (Å²) in [7, 11) is 0. The lowest BCUT2D eigenvalue weighted by molar-refractivity contribution is -0.125. The lowest BCUT2D eigenvalue weighted by atomic mass is 10.2. The predicted molar refractivity (Wildman–Crippen MR) is 76.4 cm³/mol. The first kappa shape index (κ1) is 13.6. The van der Waals surface area contributed by atoms with Crippen molar-refractivity contribution in [3.05, 3.63) is 30.3 Å². The predicted octanol–water partition coefficient (Wildman–Crippen LogP) is 1.43. The number of amides is 2. The number of carbonyl (C=O) groups is 2. The lowest BCUT2D eigenvalue weighted by Crippen LogP contribution is -2.31. The normalized spacial score (nSPS) is 20.4. The van der Waals surface area contributed by atoms with Gasteiger partial charge in [0, 0.05) is 13.0 Å². The molecule has 1 aliphatic rings. The molecule has 0 radical (unpaired) electrons. The molecule has 1 heterocycles. The second kappa shape index (κ2) is 6.38. The summed E-state index contributed by atoms with van der Waals surface area (Å²) in [6, 6.07) is 9.38. The first-order chi connectivity index (χ1) is 9.19. The monoisotopic (exact) mass is 277 g/mol. The number of nitrogens with zero attached hydrogens (tertiary/aromatic N) is 1. The molecule has 1 saturated heterocycles. The van der Waals surface area contributed by atoms with Crippen molar-refractivity contribution >= 4 is 34.4 Å². The summed E-state index contributed by atoms with van der Waals surface area (Å²) < 4.78 is 0. The van der Waals surface area contributed by atoms with Crippen LogP contribution < -0.4 is 10.6 Å². The molecule has 1 fully saturated rings. The summed E-state index contributed by atoms with van der Waals surface area (Å²) >= 11 is 1.30. The summed E-state index contributed by atoms with van der Waals surface area (Å²) in [6.07, 6.45) is 0.179. The number of amidine groups is 1. The van der Waals surface area contributed by atoms with Crippen LogP contribution in [0.3, 0.4) is 0 Å². The maximum Gasteiger partial charge on any atom is 0.240 e. The maximum absolute atomic E-state index is 11.7. The van der Waals surface area contributed by atoms with Crippen LogP contribution in [-0.2, 0) is 9.59 Å². The van der Waals surface area contributed by atoms with E-state index in [1.54, 1.807) is 0 Å². The van der Waals surface area contributed by atoms with E-state index in [9.17, 15) is 9.59 Å². The van der Waals surface area contributed by atoms with Crippen molar-refractivity contribution in [1.29, 1.82) is 0 Å². The summed E-state index contributed by atoms with van der Waals surface area (Å²) in [5, 5.41) is 5.53. The molecule has 6 heteroatoms. The van der Waals surface area contributed by atoms with E-state index in [1.807, 2.05) is 37.3 Å². The Balaban J connectivity index is 1.99. The largest absolute Gasteiger partial charge is 0.356 e. The van der Waals surface area contributed by atoms with Crippen LogP contribution in [0.4, 0.5) is 5.69 Å². The van der Waals surface area contributed by atoms with Crippen LogP contribution >= 0.6 is 11.8 Å². The average molecular weight is 277 g/mol.